The second-order valence-corrected chi connectivity index (χ2v) is 3.26. The van der Waals surface area contributed by atoms with Crippen molar-refractivity contribution >= 4 is 6.03 Å². The Bertz CT molecular complexity index is 164. The van der Waals surface area contributed by atoms with Gasteiger partial charge in [0, 0.05) is 14.1 Å². The molecule has 0 radical (unpaired) electrons. The Morgan fingerprint density at radius 2 is 2.18 bits per heavy atom. The van der Waals surface area contributed by atoms with Crippen LogP contribution in [-0.4, -0.2) is 42.3 Å². The molecule has 0 aromatic heterocycles. The molecule has 0 aromatic carbocycles. The second-order valence-electron chi connectivity index (χ2n) is 3.26. The van der Waals surface area contributed by atoms with E-state index in [0.717, 1.165) is 12.8 Å². The van der Waals surface area contributed by atoms with Crippen LogP contribution in [0.1, 0.15) is 12.8 Å². The molecule has 0 spiro atoms. The van der Waals surface area contributed by atoms with Crippen molar-refractivity contribution in [2.75, 3.05) is 20.7 Å². The Hall–Kier alpha value is -0.770. The van der Waals surface area contributed by atoms with Crippen LogP contribution >= 0.6 is 0 Å². The highest BCUT2D eigenvalue weighted by molar-refractivity contribution is 5.74. The lowest BCUT2D eigenvalue weighted by molar-refractivity contribution is 0.192. The van der Waals surface area contributed by atoms with Gasteiger partial charge >= 0.3 is 6.03 Å². The Morgan fingerprint density at radius 3 is 2.45 bits per heavy atom. The summed E-state index contributed by atoms with van der Waals surface area (Å²) >= 11 is 0. The number of urea groups is 1. The lowest BCUT2D eigenvalue weighted by Gasteiger charge is -2.18. The fourth-order valence-electron chi connectivity index (χ4n) is 0.812. The summed E-state index contributed by atoms with van der Waals surface area (Å²) in [6.45, 7) is 0.0482. The zero-order valence-corrected chi connectivity index (χ0v) is 6.92. The summed E-state index contributed by atoms with van der Waals surface area (Å²) < 4.78 is 0. The maximum atomic E-state index is 11.1. The summed E-state index contributed by atoms with van der Waals surface area (Å²) in [5, 5.41) is 11.6. The summed E-state index contributed by atoms with van der Waals surface area (Å²) in [5.74, 6) is 0. The molecule has 0 aliphatic heterocycles. The Morgan fingerprint density at radius 1 is 1.64 bits per heavy atom. The number of carbonyl (C=O) groups excluding carboxylic acids is 1. The molecule has 2 N–H and O–H groups in total. The third-order valence-corrected chi connectivity index (χ3v) is 1.93. The first kappa shape index (κ1) is 8.33. The van der Waals surface area contributed by atoms with E-state index < -0.39 is 0 Å². The van der Waals surface area contributed by atoms with Crippen molar-refractivity contribution in [2.45, 2.75) is 18.4 Å². The maximum absolute atomic E-state index is 11.1. The molecule has 64 valence electrons. The molecule has 11 heavy (non-hydrogen) atoms. The van der Waals surface area contributed by atoms with Gasteiger partial charge in [-0.1, -0.05) is 0 Å². The maximum Gasteiger partial charge on any atom is 0.317 e. The lowest BCUT2D eigenvalue weighted by Crippen LogP contribution is -2.44. The van der Waals surface area contributed by atoms with Crippen molar-refractivity contribution in [1.82, 2.24) is 10.2 Å². The first-order valence-corrected chi connectivity index (χ1v) is 3.70. The Kier molecular flexibility index (Phi) is 2.04. The van der Waals surface area contributed by atoms with Crippen LogP contribution in [0, 0.1) is 0 Å². The van der Waals surface area contributed by atoms with Crippen molar-refractivity contribution < 1.29 is 9.90 Å². The third-order valence-electron chi connectivity index (χ3n) is 1.93. The van der Waals surface area contributed by atoms with Gasteiger partial charge in [-0.2, -0.15) is 0 Å². The number of nitrogens with zero attached hydrogens (tertiary/aromatic N) is 1. The molecule has 4 heteroatoms. The molecule has 4 nitrogen and oxygen atoms in total. The molecule has 2 amide bonds. The number of amides is 2. The first-order valence-electron chi connectivity index (χ1n) is 3.70. The minimum absolute atomic E-state index is 0.0482. The number of rotatable bonds is 2. The van der Waals surface area contributed by atoms with E-state index in [1.165, 1.54) is 4.90 Å². The monoisotopic (exact) mass is 158 g/mol. The fourth-order valence-corrected chi connectivity index (χ4v) is 0.812. The number of aliphatic hydroxyl groups excluding tert-OH is 1. The van der Waals surface area contributed by atoms with E-state index in [1.807, 2.05) is 0 Å². The van der Waals surface area contributed by atoms with Crippen LogP contribution in [-0.2, 0) is 0 Å². The summed E-state index contributed by atoms with van der Waals surface area (Å²) in [4.78, 5) is 12.5. The smallest absolute Gasteiger partial charge is 0.317 e. The van der Waals surface area contributed by atoms with Crippen LogP contribution in [0.4, 0.5) is 4.79 Å². The number of hydrogen-bond acceptors (Lipinski definition) is 2. The highest BCUT2D eigenvalue weighted by atomic mass is 16.3. The molecule has 0 heterocycles. The lowest BCUT2D eigenvalue weighted by atomic mass is 10.3. The van der Waals surface area contributed by atoms with Crippen LogP contribution in [0.2, 0.25) is 0 Å². The SMILES string of the molecule is CN(C)C(=O)NC1(CO)CC1. The quantitative estimate of drug-likeness (QED) is 0.584. The molecular weight excluding hydrogens is 144 g/mol. The van der Waals surface area contributed by atoms with E-state index in [2.05, 4.69) is 5.32 Å². The third kappa shape index (κ3) is 1.83. The highest BCUT2D eigenvalue weighted by Crippen LogP contribution is 2.34. The standard InChI is InChI=1S/C7H14N2O2/c1-9(2)6(11)8-7(5-10)3-4-7/h10H,3-5H2,1-2H3,(H,8,11). The number of hydrogen-bond donors (Lipinski definition) is 2. The van der Waals surface area contributed by atoms with Gasteiger partial charge in [-0.25, -0.2) is 4.79 Å². The van der Waals surface area contributed by atoms with Gasteiger partial charge in [0.1, 0.15) is 0 Å². The van der Waals surface area contributed by atoms with Crippen LogP contribution in [0.25, 0.3) is 0 Å². The van der Waals surface area contributed by atoms with Crippen LogP contribution in [0.15, 0.2) is 0 Å². The molecule has 1 saturated carbocycles. The van der Waals surface area contributed by atoms with Crippen molar-refractivity contribution in [1.29, 1.82) is 0 Å². The topological polar surface area (TPSA) is 52.6 Å². The minimum atomic E-state index is -0.290. The molecule has 0 bridgehead atoms. The van der Waals surface area contributed by atoms with Gasteiger partial charge in [0.15, 0.2) is 0 Å². The van der Waals surface area contributed by atoms with E-state index in [0.29, 0.717) is 0 Å². The molecule has 0 aromatic rings. The summed E-state index contributed by atoms with van der Waals surface area (Å²) in [6.07, 6.45) is 1.78. The average Bonchev–Trinajstić information content (AvgIpc) is 2.69. The van der Waals surface area contributed by atoms with E-state index in [-0.39, 0.29) is 18.2 Å². The van der Waals surface area contributed by atoms with Crippen LogP contribution in [0.5, 0.6) is 0 Å². The van der Waals surface area contributed by atoms with Gasteiger partial charge < -0.3 is 15.3 Å². The predicted octanol–water partition coefficient (Wildman–Crippen LogP) is -0.218. The van der Waals surface area contributed by atoms with E-state index in [9.17, 15) is 4.79 Å². The van der Waals surface area contributed by atoms with Gasteiger partial charge in [-0.05, 0) is 12.8 Å². The average molecular weight is 158 g/mol. The largest absolute Gasteiger partial charge is 0.394 e. The highest BCUT2D eigenvalue weighted by Gasteiger charge is 2.43. The van der Waals surface area contributed by atoms with Crippen molar-refractivity contribution in [2.24, 2.45) is 0 Å². The molecule has 1 aliphatic carbocycles. The zero-order valence-electron chi connectivity index (χ0n) is 6.92. The van der Waals surface area contributed by atoms with Gasteiger partial charge in [-0.15, -0.1) is 0 Å². The number of nitrogens with one attached hydrogen (secondary N) is 1. The molecule has 1 rings (SSSR count). The number of aliphatic hydroxyl groups is 1. The van der Waals surface area contributed by atoms with Gasteiger partial charge in [0.2, 0.25) is 0 Å². The summed E-state index contributed by atoms with van der Waals surface area (Å²) in [7, 11) is 3.37. The summed E-state index contributed by atoms with van der Waals surface area (Å²) in [6, 6.07) is -0.128. The fraction of sp³-hybridized carbons (Fsp3) is 0.857. The van der Waals surface area contributed by atoms with Crippen LogP contribution < -0.4 is 5.32 Å². The minimum Gasteiger partial charge on any atom is -0.394 e. The molecule has 0 atom stereocenters. The van der Waals surface area contributed by atoms with E-state index in [4.69, 9.17) is 5.11 Å². The Labute approximate surface area is 66.2 Å². The van der Waals surface area contributed by atoms with Crippen molar-refractivity contribution in [3.05, 3.63) is 0 Å². The zero-order chi connectivity index (χ0) is 8.48. The molecule has 1 fully saturated rings. The second kappa shape index (κ2) is 2.70. The summed E-state index contributed by atoms with van der Waals surface area (Å²) in [5.41, 5.74) is -0.290. The number of carbonyl (C=O) groups is 1. The Balaban J connectivity index is 2.36. The molecular formula is C7H14N2O2. The van der Waals surface area contributed by atoms with Gasteiger partial charge in [0.05, 0.1) is 12.1 Å². The molecule has 0 unspecified atom stereocenters. The van der Waals surface area contributed by atoms with Gasteiger partial charge in [0.25, 0.3) is 0 Å². The van der Waals surface area contributed by atoms with Gasteiger partial charge in [-0.3, -0.25) is 0 Å². The first-order chi connectivity index (χ1) is 5.09. The normalized spacial score (nSPS) is 19.2. The van der Waals surface area contributed by atoms with E-state index >= 15 is 0 Å². The van der Waals surface area contributed by atoms with E-state index in [1.54, 1.807) is 14.1 Å². The predicted molar refractivity (Wildman–Crippen MR) is 41.3 cm³/mol. The molecule has 0 saturated heterocycles. The van der Waals surface area contributed by atoms with Crippen molar-refractivity contribution in [3.63, 3.8) is 0 Å². The molecule has 1 aliphatic rings. The van der Waals surface area contributed by atoms with Crippen molar-refractivity contribution in [3.8, 4) is 0 Å². The van der Waals surface area contributed by atoms with Crippen LogP contribution in [0.3, 0.4) is 0 Å².